The Morgan fingerprint density at radius 1 is 1.20 bits per heavy atom. The summed E-state index contributed by atoms with van der Waals surface area (Å²) in [4.78, 5) is 9.98. The molecule has 0 aliphatic rings. The Kier molecular flexibility index (Phi) is 7.96. The van der Waals surface area contributed by atoms with Gasteiger partial charge in [-0.1, -0.05) is 18.8 Å². The van der Waals surface area contributed by atoms with Crippen molar-refractivity contribution in [3.05, 3.63) is 0 Å². The lowest BCUT2D eigenvalue weighted by Crippen LogP contribution is -2.10. The van der Waals surface area contributed by atoms with Crippen LogP contribution in [0.2, 0.25) is 0 Å². The van der Waals surface area contributed by atoms with E-state index in [4.69, 9.17) is 6.42 Å². The Bertz CT molecular complexity index is 300. The smallest absolute Gasteiger partial charge is 0.268 e. The van der Waals surface area contributed by atoms with Gasteiger partial charge in [0.2, 0.25) is 0 Å². The number of carbonyl (C=O) groups is 1. The molecule has 4 nitrogen and oxygen atoms in total. The zero-order valence-corrected chi connectivity index (χ0v) is 9.46. The second-order valence-electron chi connectivity index (χ2n) is 3.10. The molecule has 5 heteroatoms. The fraction of sp³-hybridized carbons (Fsp3) is 0.700. The summed E-state index contributed by atoms with van der Waals surface area (Å²) in [5.41, 5.74) is 0. The molecular formula is C10H16O4S. The van der Waals surface area contributed by atoms with Gasteiger partial charge in [0.25, 0.3) is 10.1 Å². The van der Waals surface area contributed by atoms with E-state index in [1.807, 2.05) is 0 Å². The molecule has 86 valence electrons. The fourth-order valence-electron chi connectivity index (χ4n) is 1.04. The van der Waals surface area contributed by atoms with Crippen molar-refractivity contribution in [3.63, 3.8) is 0 Å². The predicted molar refractivity (Wildman–Crippen MR) is 57.7 cm³/mol. The number of aldehydes is 1. The lowest BCUT2D eigenvalue weighted by molar-refractivity contribution is -0.107. The van der Waals surface area contributed by atoms with E-state index in [2.05, 4.69) is 10.1 Å². The van der Waals surface area contributed by atoms with Crippen LogP contribution in [0.5, 0.6) is 0 Å². The first-order valence-electron chi connectivity index (χ1n) is 4.86. The Hall–Kier alpha value is -0.860. The highest BCUT2D eigenvalue weighted by Crippen LogP contribution is 2.05. The minimum Gasteiger partial charge on any atom is -0.303 e. The van der Waals surface area contributed by atoms with Crippen molar-refractivity contribution >= 4 is 16.4 Å². The molecule has 0 rings (SSSR count). The van der Waals surface area contributed by atoms with Gasteiger partial charge in [0, 0.05) is 6.42 Å². The topological polar surface area (TPSA) is 60.4 Å². The second kappa shape index (κ2) is 8.45. The first kappa shape index (κ1) is 14.1. The summed E-state index contributed by atoms with van der Waals surface area (Å²) < 4.78 is 26.7. The van der Waals surface area contributed by atoms with E-state index < -0.39 is 10.1 Å². The van der Waals surface area contributed by atoms with Gasteiger partial charge in [-0.25, -0.2) is 0 Å². The molecule has 15 heavy (non-hydrogen) atoms. The SMILES string of the molecule is C#CCOS(=O)(=O)CCCCCCC=O. The Balaban J connectivity index is 3.50. The molecule has 0 radical (unpaired) electrons. The molecule has 0 N–H and O–H groups in total. The summed E-state index contributed by atoms with van der Waals surface area (Å²) in [5, 5.41) is 0. The molecule has 0 aromatic heterocycles. The van der Waals surface area contributed by atoms with Crippen LogP contribution in [0.1, 0.15) is 32.1 Å². The number of terminal acetylenes is 1. The first-order chi connectivity index (χ1) is 7.12. The molecule has 0 unspecified atom stereocenters. The number of hydrogen-bond acceptors (Lipinski definition) is 4. The summed E-state index contributed by atoms with van der Waals surface area (Å²) >= 11 is 0. The number of carbonyl (C=O) groups excluding carboxylic acids is 1. The molecule has 0 aliphatic heterocycles. The van der Waals surface area contributed by atoms with E-state index in [0.29, 0.717) is 12.8 Å². The summed E-state index contributed by atoms with van der Waals surface area (Å²) in [6.45, 7) is -0.201. The third kappa shape index (κ3) is 9.44. The molecule has 0 atom stereocenters. The maximum absolute atomic E-state index is 11.1. The summed E-state index contributed by atoms with van der Waals surface area (Å²) in [7, 11) is -3.45. The van der Waals surface area contributed by atoms with Crippen LogP contribution >= 0.6 is 0 Å². The fourth-order valence-corrected chi connectivity index (χ4v) is 1.97. The van der Waals surface area contributed by atoms with Gasteiger partial charge in [-0.2, -0.15) is 8.42 Å². The Morgan fingerprint density at radius 3 is 2.47 bits per heavy atom. The zero-order valence-electron chi connectivity index (χ0n) is 8.65. The highest BCUT2D eigenvalue weighted by molar-refractivity contribution is 7.86. The van der Waals surface area contributed by atoms with Crippen molar-refractivity contribution in [2.75, 3.05) is 12.4 Å². The standard InChI is InChI=1S/C10H16O4S/c1-2-9-14-15(12,13)10-7-5-3-4-6-8-11/h1,8H,3-7,9-10H2. The minimum absolute atomic E-state index is 0.00420. The van der Waals surface area contributed by atoms with Crippen LogP contribution in [0.4, 0.5) is 0 Å². The molecule has 0 bridgehead atoms. The van der Waals surface area contributed by atoms with Crippen LogP contribution in [0.3, 0.4) is 0 Å². The van der Waals surface area contributed by atoms with Crippen molar-refractivity contribution in [3.8, 4) is 12.3 Å². The maximum Gasteiger partial charge on any atom is 0.268 e. The average molecular weight is 232 g/mol. The van der Waals surface area contributed by atoms with E-state index in [1.165, 1.54) is 0 Å². The van der Waals surface area contributed by atoms with E-state index in [-0.39, 0.29) is 12.4 Å². The van der Waals surface area contributed by atoms with Gasteiger partial charge in [-0.15, -0.1) is 6.42 Å². The molecule has 0 aromatic carbocycles. The van der Waals surface area contributed by atoms with Gasteiger partial charge < -0.3 is 4.79 Å². The minimum atomic E-state index is -3.45. The molecule has 0 saturated carbocycles. The first-order valence-corrected chi connectivity index (χ1v) is 6.44. The van der Waals surface area contributed by atoms with Crippen molar-refractivity contribution in [2.45, 2.75) is 32.1 Å². The van der Waals surface area contributed by atoms with Crippen LogP contribution in [-0.4, -0.2) is 27.1 Å². The van der Waals surface area contributed by atoms with Crippen molar-refractivity contribution in [1.82, 2.24) is 0 Å². The second-order valence-corrected chi connectivity index (χ2v) is 4.86. The molecular weight excluding hydrogens is 216 g/mol. The largest absolute Gasteiger partial charge is 0.303 e. The predicted octanol–water partition coefficient (Wildman–Crippen LogP) is 1.12. The van der Waals surface area contributed by atoms with Gasteiger partial charge in [0.1, 0.15) is 12.9 Å². The summed E-state index contributed by atoms with van der Waals surface area (Å²) in [6.07, 6.45) is 9.29. The lowest BCUT2D eigenvalue weighted by atomic mass is 10.2. The van der Waals surface area contributed by atoms with Crippen molar-refractivity contribution < 1.29 is 17.4 Å². The third-order valence-electron chi connectivity index (χ3n) is 1.79. The van der Waals surface area contributed by atoms with E-state index in [0.717, 1.165) is 25.5 Å². The van der Waals surface area contributed by atoms with Gasteiger partial charge >= 0.3 is 0 Å². The normalized spacial score (nSPS) is 10.9. The summed E-state index contributed by atoms with van der Waals surface area (Å²) in [5.74, 6) is 2.10. The highest BCUT2D eigenvalue weighted by Gasteiger charge is 2.09. The third-order valence-corrected chi connectivity index (χ3v) is 3.05. The van der Waals surface area contributed by atoms with Crippen LogP contribution in [0.25, 0.3) is 0 Å². The zero-order chi connectivity index (χ0) is 11.6. The Labute approximate surface area is 91.1 Å². The van der Waals surface area contributed by atoms with E-state index >= 15 is 0 Å². The highest BCUT2D eigenvalue weighted by atomic mass is 32.2. The molecule has 0 amide bonds. The quantitative estimate of drug-likeness (QED) is 0.259. The molecule has 0 fully saturated rings. The van der Waals surface area contributed by atoms with Gasteiger partial charge in [0.15, 0.2) is 0 Å². The van der Waals surface area contributed by atoms with E-state index in [9.17, 15) is 13.2 Å². The van der Waals surface area contributed by atoms with Crippen LogP contribution < -0.4 is 0 Å². The van der Waals surface area contributed by atoms with Crippen molar-refractivity contribution in [2.24, 2.45) is 0 Å². The Morgan fingerprint density at radius 2 is 1.87 bits per heavy atom. The van der Waals surface area contributed by atoms with Crippen LogP contribution in [0, 0.1) is 12.3 Å². The number of rotatable bonds is 9. The van der Waals surface area contributed by atoms with Crippen LogP contribution in [-0.2, 0) is 19.1 Å². The van der Waals surface area contributed by atoms with Gasteiger partial charge in [0.05, 0.1) is 5.75 Å². The summed E-state index contributed by atoms with van der Waals surface area (Å²) in [6, 6.07) is 0. The molecule has 0 aromatic rings. The molecule has 0 aliphatic carbocycles. The van der Waals surface area contributed by atoms with Crippen LogP contribution in [0.15, 0.2) is 0 Å². The number of unbranched alkanes of at least 4 members (excludes halogenated alkanes) is 4. The molecule has 0 saturated heterocycles. The lowest BCUT2D eigenvalue weighted by Gasteiger charge is -2.02. The average Bonchev–Trinajstić information content (AvgIpc) is 2.20. The van der Waals surface area contributed by atoms with Crippen molar-refractivity contribution in [1.29, 1.82) is 0 Å². The number of hydrogen-bond donors (Lipinski definition) is 0. The molecule has 0 spiro atoms. The molecule has 0 heterocycles. The maximum atomic E-state index is 11.1. The van der Waals surface area contributed by atoms with E-state index in [1.54, 1.807) is 0 Å². The van der Waals surface area contributed by atoms with Gasteiger partial charge in [-0.05, 0) is 12.8 Å². The van der Waals surface area contributed by atoms with Gasteiger partial charge in [-0.3, -0.25) is 4.18 Å². The monoisotopic (exact) mass is 232 g/mol.